The summed E-state index contributed by atoms with van der Waals surface area (Å²) in [5.41, 5.74) is 0.555. The molecule has 0 fully saturated rings. The Kier molecular flexibility index (Phi) is 4.20. The van der Waals surface area contributed by atoms with Gasteiger partial charge in [-0.25, -0.2) is 9.07 Å². The molecule has 25 heavy (non-hydrogen) atoms. The summed E-state index contributed by atoms with van der Waals surface area (Å²) in [5, 5.41) is 14.4. The van der Waals surface area contributed by atoms with E-state index in [1.54, 1.807) is 12.1 Å². The second-order valence-electron chi connectivity index (χ2n) is 4.96. The van der Waals surface area contributed by atoms with Gasteiger partial charge in [-0.1, -0.05) is 35.1 Å². The van der Waals surface area contributed by atoms with Gasteiger partial charge in [0.25, 0.3) is 0 Å². The maximum Gasteiger partial charge on any atom is 0.237 e. The Morgan fingerprint density at radius 1 is 1.24 bits per heavy atom. The van der Waals surface area contributed by atoms with Crippen molar-refractivity contribution in [2.24, 2.45) is 0 Å². The van der Waals surface area contributed by atoms with Crippen LogP contribution in [0.4, 0.5) is 4.39 Å². The summed E-state index contributed by atoms with van der Waals surface area (Å²) < 4.78 is 19.9. The van der Waals surface area contributed by atoms with Crippen molar-refractivity contribution in [2.45, 2.75) is 10.9 Å². The second kappa shape index (κ2) is 6.65. The molecule has 0 spiro atoms. The Morgan fingerprint density at radius 3 is 2.96 bits per heavy atom. The van der Waals surface area contributed by atoms with E-state index >= 15 is 0 Å². The molecule has 1 aromatic carbocycles. The Balaban J connectivity index is 1.49. The quantitative estimate of drug-likeness (QED) is 0.423. The van der Waals surface area contributed by atoms with E-state index in [1.165, 1.54) is 39.9 Å². The number of benzene rings is 1. The average molecular weight is 374 g/mol. The van der Waals surface area contributed by atoms with Crippen LogP contribution >= 0.6 is 23.1 Å². The molecule has 0 saturated heterocycles. The highest BCUT2D eigenvalue weighted by Crippen LogP contribution is 2.26. The molecular formula is C15H11FN6OS2. The highest BCUT2D eigenvalue weighted by Gasteiger charge is 2.15. The van der Waals surface area contributed by atoms with E-state index in [0.29, 0.717) is 34.0 Å². The smallest absolute Gasteiger partial charge is 0.237 e. The molecule has 0 radical (unpaired) electrons. The van der Waals surface area contributed by atoms with Crippen molar-refractivity contribution in [3.05, 3.63) is 53.5 Å². The van der Waals surface area contributed by atoms with Gasteiger partial charge in [0.2, 0.25) is 16.9 Å². The maximum atomic E-state index is 13.3. The SMILES string of the molecule is Nn1c(SCc2nc(-c3cccs3)no2)nnc1-c1cccc(F)c1. The summed E-state index contributed by atoms with van der Waals surface area (Å²) in [6, 6.07) is 9.88. The van der Waals surface area contributed by atoms with Gasteiger partial charge >= 0.3 is 0 Å². The van der Waals surface area contributed by atoms with E-state index in [1.807, 2.05) is 17.5 Å². The molecule has 3 aromatic heterocycles. The predicted octanol–water partition coefficient (Wildman–Crippen LogP) is 3.20. The number of thiophene rings is 1. The molecule has 4 rings (SSSR count). The van der Waals surface area contributed by atoms with E-state index in [-0.39, 0.29) is 5.82 Å². The maximum absolute atomic E-state index is 13.3. The summed E-state index contributed by atoms with van der Waals surface area (Å²) in [5.74, 6) is 7.45. The summed E-state index contributed by atoms with van der Waals surface area (Å²) in [7, 11) is 0. The van der Waals surface area contributed by atoms with Crippen LogP contribution in [0.2, 0.25) is 0 Å². The normalized spacial score (nSPS) is 11.1. The summed E-state index contributed by atoms with van der Waals surface area (Å²) >= 11 is 2.85. The van der Waals surface area contributed by atoms with E-state index < -0.39 is 0 Å². The van der Waals surface area contributed by atoms with E-state index in [9.17, 15) is 4.39 Å². The van der Waals surface area contributed by atoms with Crippen LogP contribution in [0.3, 0.4) is 0 Å². The predicted molar refractivity (Wildman–Crippen MR) is 92.7 cm³/mol. The molecule has 0 bridgehead atoms. The van der Waals surface area contributed by atoms with E-state index in [0.717, 1.165) is 4.88 Å². The van der Waals surface area contributed by atoms with Crippen molar-refractivity contribution < 1.29 is 8.91 Å². The number of aromatic nitrogens is 5. The molecule has 2 N–H and O–H groups in total. The van der Waals surface area contributed by atoms with Crippen LogP contribution in [-0.2, 0) is 5.75 Å². The summed E-state index contributed by atoms with van der Waals surface area (Å²) in [6.45, 7) is 0. The minimum absolute atomic E-state index is 0.360. The zero-order valence-electron chi connectivity index (χ0n) is 12.7. The van der Waals surface area contributed by atoms with Crippen LogP contribution in [0.15, 0.2) is 51.5 Å². The number of nitrogen functional groups attached to an aromatic ring is 1. The molecule has 126 valence electrons. The topological polar surface area (TPSA) is 95.7 Å². The van der Waals surface area contributed by atoms with Crippen LogP contribution in [0, 0.1) is 5.82 Å². The fourth-order valence-electron chi connectivity index (χ4n) is 2.15. The fraction of sp³-hybridized carbons (Fsp3) is 0.0667. The van der Waals surface area contributed by atoms with Crippen LogP contribution in [0.5, 0.6) is 0 Å². The van der Waals surface area contributed by atoms with Gasteiger partial charge in [-0.3, -0.25) is 0 Å². The van der Waals surface area contributed by atoms with Crippen LogP contribution < -0.4 is 5.84 Å². The number of halogens is 1. The van der Waals surface area contributed by atoms with Gasteiger partial charge in [0.1, 0.15) is 5.82 Å². The number of rotatable bonds is 5. The molecule has 0 saturated carbocycles. The van der Waals surface area contributed by atoms with E-state index in [2.05, 4.69) is 20.3 Å². The Bertz CT molecular complexity index is 997. The molecule has 0 atom stereocenters. The zero-order valence-corrected chi connectivity index (χ0v) is 14.3. The first kappa shape index (κ1) is 15.8. The molecule has 10 heteroatoms. The van der Waals surface area contributed by atoms with Crippen molar-refractivity contribution in [3.8, 4) is 22.1 Å². The van der Waals surface area contributed by atoms with Crippen molar-refractivity contribution in [1.82, 2.24) is 25.0 Å². The Morgan fingerprint density at radius 2 is 2.16 bits per heavy atom. The van der Waals surface area contributed by atoms with Crippen LogP contribution in [-0.4, -0.2) is 25.0 Å². The Hall–Kier alpha value is -2.72. The lowest BCUT2D eigenvalue weighted by Crippen LogP contribution is -2.11. The third kappa shape index (κ3) is 3.26. The molecule has 0 amide bonds. The van der Waals surface area contributed by atoms with E-state index in [4.69, 9.17) is 10.4 Å². The summed E-state index contributed by atoms with van der Waals surface area (Å²) in [4.78, 5) is 5.28. The first-order valence-corrected chi connectivity index (χ1v) is 9.03. The van der Waals surface area contributed by atoms with Crippen molar-refractivity contribution >= 4 is 23.1 Å². The third-order valence-electron chi connectivity index (χ3n) is 3.28. The monoisotopic (exact) mass is 374 g/mol. The lowest BCUT2D eigenvalue weighted by Gasteiger charge is -2.02. The first-order chi connectivity index (χ1) is 12.2. The molecule has 4 aromatic rings. The number of hydrogen-bond acceptors (Lipinski definition) is 8. The van der Waals surface area contributed by atoms with Crippen molar-refractivity contribution in [3.63, 3.8) is 0 Å². The number of hydrogen-bond donors (Lipinski definition) is 1. The van der Waals surface area contributed by atoms with Gasteiger partial charge in [-0.2, -0.15) is 4.98 Å². The minimum Gasteiger partial charge on any atom is -0.338 e. The summed E-state index contributed by atoms with van der Waals surface area (Å²) in [6.07, 6.45) is 0. The fourth-order valence-corrected chi connectivity index (χ4v) is 3.49. The highest BCUT2D eigenvalue weighted by molar-refractivity contribution is 7.98. The van der Waals surface area contributed by atoms with Crippen molar-refractivity contribution in [1.29, 1.82) is 0 Å². The molecule has 0 aliphatic carbocycles. The lowest BCUT2D eigenvalue weighted by atomic mass is 10.2. The molecule has 0 aliphatic heterocycles. The van der Waals surface area contributed by atoms with Gasteiger partial charge in [-0.15, -0.1) is 21.5 Å². The highest BCUT2D eigenvalue weighted by atomic mass is 32.2. The van der Waals surface area contributed by atoms with Gasteiger partial charge < -0.3 is 10.4 Å². The molecule has 0 aliphatic rings. The number of nitrogens with two attached hydrogens (primary N) is 1. The second-order valence-corrected chi connectivity index (χ2v) is 6.85. The average Bonchev–Trinajstić information content (AvgIpc) is 3.34. The largest absolute Gasteiger partial charge is 0.338 e. The molecule has 0 unspecified atom stereocenters. The van der Waals surface area contributed by atoms with Crippen LogP contribution in [0.25, 0.3) is 22.1 Å². The first-order valence-electron chi connectivity index (χ1n) is 7.16. The Labute approximate surface area is 149 Å². The standard InChI is InChI=1S/C15H11FN6OS2/c16-10-4-1-3-9(7-10)14-19-20-15(22(14)17)25-8-12-18-13(21-23-12)11-5-2-6-24-11/h1-7H,8,17H2. The third-order valence-corrected chi connectivity index (χ3v) is 5.08. The van der Waals surface area contributed by atoms with Gasteiger partial charge in [0.05, 0.1) is 10.6 Å². The zero-order chi connectivity index (χ0) is 17.2. The van der Waals surface area contributed by atoms with Gasteiger partial charge in [0.15, 0.2) is 5.82 Å². The number of nitrogens with zero attached hydrogens (tertiary/aromatic N) is 5. The molecule has 3 heterocycles. The number of thioether (sulfide) groups is 1. The van der Waals surface area contributed by atoms with Crippen LogP contribution in [0.1, 0.15) is 5.89 Å². The van der Waals surface area contributed by atoms with Crippen molar-refractivity contribution in [2.75, 3.05) is 5.84 Å². The van der Waals surface area contributed by atoms with Gasteiger partial charge in [-0.05, 0) is 23.6 Å². The minimum atomic E-state index is -0.360. The van der Waals surface area contributed by atoms with Gasteiger partial charge in [0, 0.05) is 5.56 Å². The lowest BCUT2D eigenvalue weighted by molar-refractivity contribution is 0.391. The molecular weight excluding hydrogens is 363 g/mol. The molecule has 7 nitrogen and oxygen atoms in total.